The highest BCUT2D eigenvalue weighted by atomic mass is 16.4. The Hall–Kier alpha value is -9.75. The number of carbonyl (C=O) groups is 8. The van der Waals surface area contributed by atoms with Gasteiger partial charge in [0, 0.05) is 116 Å². The lowest BCUT2D eigenvalue weighted by atomic mass is 10.0. The third kappa shape index (κ3) is 17.7. The van der Waals surface area contributed by atoms with Gasteiger partial charge in [0.2, 0.25) is 41.4 Å². The fourth-order valence-electron chi connectivity index (χ4n) is 8.53. The number of rotatable bonds is 31. The first-order valence-electron chi connectivity index (χ1n) is 25.1. The van der Waals surface area contributed by atoms with Crippen LogP contribution in [0.25, 0.3) is 0 Å². The highest BCUT2D eigenvalue weighted by molar-refractivity contribution is 5.98. The molecule has 1 aliphatic rings. The Morgan fingerprint density at radius 2 is 0.785 bits per heavy atom. The quantitative estimate of drug-likeness (QED) is 0.0110. The van der Waals surface area contributed by atoms with E-state index in [1.165, 1.54) is 75.1 Å². The minimum Gasteiger partial charge on any atom is -0.480 e. The first-order valence-corrected chi connectivity index (χ1v) is 25.1. The van der Waals surface area contributed by atoms with Gasteiger partial charge in [0.15, 0.2) is 5.96 Å². The molecule has 1 fully saturated rings. The van der Waals surface area contributed by atoms with Gasteiger partial charge in [-0.3, -0.25) is 38.6 Å². The van der Waals surface area contributed by atoms with E-state index >= 15 is 0 Å². The Kier molecular flexibility index (Phi) is 20.5. The summed E-state index contributed by atoms with van der Waals surface area (Å²) in [7, 11) is 0. The molecule has 7 rings (SSSR count). The molecule has 0 bridgehead atoms. The summed E-state index contributed by atoms with van der Waals surface area (Å²) in [6, 6.07) is -10.3. The zero-order valence-corrected chi connectivity index (χ0v) is 42.5. The van der Waals surface area contributed by atoms with E-state index in [0.29, 0.717) is 47.1 Å². The molecule has 8 atom stereocenters. The minimum atomic E-state index is -1.48. The summed E-state index contributed by atoms with van der Waals surface area (Å²) in [4.78, 5) is 157. The van der Waals surface area contributed by atoms with Crippen LogP contribution in [0.1, 0.15) is 59.8 Å². The maximum Gasteiger partial charge on any atom is 0.326 e. The van der Waals surface area contributed by atoms with Crippen LogP contribution in [0, 0.1) is 0 Å². The van der Waals surface area contributed by atoms with Crippen molar-refractivity contribution < 1.29 is 43.5 Å². The summed E-state index contributed by atoms with van der Waals surface area (Å²) in [5, 5.41) is 32.0. The molecule has 0 saturated carbocycles. The second kappa shape index (κ2) is 28.4. The van der Waals surface area contributed by atoms with Crippen LogP contribution in [0.2, 0.25) is 0 Å². The van der Waals surface area contributed by atoms with Crippen LogP contribution in [0.3, 0.4) is 0 Å². The highest BCUT2D eigenvalue weighted by Gasteiger charge is 2.36. The van der Waals surface area contributed by atoms with Crippen molar-refractivity contribution in [3.05, 3.63) is 109 Å². The van der Waals surface area contributed by atoms with Gasteiger partial charge in [0.1, 0.15) is 42.3 Å². The monoisotopic (exact) mass is 1090 g/mol. The fraction of sp³-hybridized carbons (Fsp3) is 0.426. The number of carboxylic acid groups (broad SMARTS) is 1. The summed E-state index contributed by atoms with van der Waals surface area (Å²) >= 11 is 0. The predicted molar refractivity (Wildman–Crippen MR) is 276 cm³/mol. The number of nitrogens with two attached hydrogens (primary N) is 2. The number of hydrogen-bond acceptors (Lipinski definition) is 16. The van der Waals surface area contributed by atoms with Gasteiger partial charge in [-0.2, -0.15) is 0 Å². The van der Waals surface area contributed by atoms with Crippen LogP contribution in [0.5, 0.6) is 0 Å². The van der Waals surface area contributed by atoms with E-state index in [1.807, 2.05) is 0 Å². The zero-order valence-electron chi connectivity index (χ0n) is 42.5. The van der Waals surface area contributed by atoms with Crippen LogP contribution < -0.4 is 54.0 Å². The number of amides is 7. The molecule has 7 amide bonds. The number of aliphatic imine (C=N–C) groups is 1. The van der Waals surface area contributed by atoms with Crippen molar-refractivity contribution in [3.8, 4) is 0 Å². The van der Waals surface area contributed by atoms with Crippen LogP contribution in [0.4, 0.5) is 0 Å². The summed E-state index contributed by atoms with van der Waals surface area (Å²) in [5.41, 5.74) is 13.5. The number of hydrogen-bond donors (Lipinski definition) is 17. The molecule has 79 heavy (non-hydrogen) atoms. The molecule has 0 spiro atoms. The van der Waals surface area contributed by atoms with Crippen molar-refractivity contribution in [1.82, 2.24) is 102 Å². The normalized spacial score (nSPS) is 15.7. The predicted octanol–water partition coefficient (Wildman–Crippen LogP) is -4.94. The first-order chi connectivity index (χ1) is 38.2. The number of aromatic amines is 6. The molecule has 0 aliphatic carbocycles. The molecular weight excluding hydrogens is 1030 g/mol. The molecule has 32 nitrogen and oxygen atoms in total. The molecule has 19 N–H and O–H groups in total. The molecule has 0 radical (unpaired) electrons. The molecule has 7 heterocycles. The van der Waals surface area contributed by atoms with Gasteiger partial charge < -0.3 is 89.0 Å². The molecule has 0 aromatic carbocycles. The van der Waals surface area contributed by atoms with Crippen molar-refractivity contribution in [2.75, 3.05) is 13.1 Å². The maximum atomic E-state index is 14.7. The van der Waals surface area contributed by atoms with Crippen molar-refractivity contribution in [2.24, 2.45) is 16.5 Å². The average molecular weight is 1090 g/mol. The molecule has 6 aromatic heterocycles. The summed E-state index contributed by atoms with van der Waals surface area (Å²) in [6.45, 7) is 0.779. The van der Waals surface area contributed by atoms with Gasteiger partial charge >= 0.3 is 5.97 Å². The third-order valence-electron chi connectivity index (χ3n) is 12.6. The third-order valence-corrected chi connectivity index (χ3v) is 12.6. The second-order valence-corrected chi connectivity index (χ2v) is 18.6. The molecule has 1 aliphatic heterocycles. The lowest BCUT2D eigenvalue weighted by Crippen LogP contribution is -2.61. The number of aromatic nitrogens is 12. The standard InChI is InChI=1S/C47H63N23O9/c48-47(49)57-6-2-4-32(64-39(71)31-3-1-5-56-31)40(72)65-33(7-25-13-50-19-58-25)41(73)66-34(8-26-14-51-20-59-26)42(74)67-35(9-27-15-52-21-60-27)43(75)68-36(10-28-16-53-22-61-28)44(76)69-37(11-29-17-54-23-62-29)45(77)70-38(46(78)79)12-30-18-55-24-63-30/h13-24,31-38,56H,1-12H2,(H,50,58)(H,51,59)(H,52,60)(H,53,61)(H,54,62)(H,55,63)(H,64,71)(H,65,72)(H,66,73)(H,67,74)(H,68,75)(H,69,76)(H,70,77)(H,78,79)(H4,48,49,57)/t31-,32-,33-,34-,35-,36-,37-,38-/m0/s1. The second-order valence-electron chi connectivity index (χ2n) is 18.6. The number of guanidine groups is 1. The van der Waals surface area contributed by atoms with Crippen molar-refractivity contribution >= 4 is 53.3 Å². The van der Waals surface area contributed by atoms with Crippen LogP contribution in [-0.2, 0) is 76.9 Å². The van der Waals surface area contributed by atoms with E-state index < -0.39 is 95.7 Å². The van der Waals surface area contributed by atoms with E-state index in [1.54, 1.807) is 0 Å². The van der Waals surface area contributed by atoms with Crippen molar-refractivity contribution in [2.45, 2.75) is 113 Å². The van der Waals surface area contributed by atoms with Gasteiger partial charge in [-0.05, 0) is 32.2 Å². The van der Waals surface area contributed by atoms with Crippen LogP contribution >= 0.6 is 0 Å². The average Bonchev–Trinajstić information content (AvgIpc) is 4.28. The number of nitrogens with zero attached hydrogens (tertiary/aromatic N) is 7. The zero-order chi connectivity index (χ0) is 56.1. The Bertz CT molecular complexity index is 2900. The number of aliphatic carboxylic acids is 1. The minimum absolute atomic E-state index is 0.0934. The Balaban J connectivity index is 1.11. The number of H-pyrrole nitrogens is 6. The SMILES string of the molecule is NC(N)=NCCC[C@H](NC(=O)[C@@H]1CCCN1)C(=O)N[C@@H](Cc1cnc[nH]1)C(=O)N[C@@H](Cc1cnc[nH]1)C(=O)N[C@@H](Cc1cnc[nH]1)C(=O)N[C@@H](Cc1cnc[nH]1)C(=O)N[C@@H](Cc1cnc[nH]1)C(=O)N[C@@H](Cc1cnc[nH]1)C(=O)O. The molecule has 32 heteroatoms. The number of carbonyl (C=O) groups excluding carboxylic acids is 7. The highest BCUT2D eigenvalue weighted by Crippen LogP contribution is 2.12. The van der Waals surface area contributed by atoms with E-state index in [2.05, 4.69) is 107 Å². The lowest BCUT2D eigenvalue weighted by Gasteiger charge is -2.28. The number of carboxylic acids is 1. The molecule has 420 valence electrons. The molecule has 6 aromatic rings. The summed E-state index contributed by atoms with van der Waals surface area (Å²) in [5.74, 6) is -6.97. The summed E-state index contributed by atoms with van der Waals surface area (Å²) in [6.07, 6.45) is 17.3. The number of imidazole rings is 6. The largest absolute Gasteiger partial charge is 0.480 e. The van der Waals surface area contributed by atoms with Gasteiger partial charge in [-0.15, -0.1) is 0 Å². The van der Waals surface area contributed by atoms with Gasteiger partial charge in [0.25, 0.3) is 0 Å². The smallest absolute Gasteiger partial charge is 0.326 e. The Morgan fingerprint density at radius 3 is 1.05 bits per heavy atom. The molecule has 0 unspecified atom stereocenters. The van der Waals surface area contributed by atoms with E-state index in [9.17, 15) is 43.5 Å². The van der Waals surface area contributed by atoms with Crippen LogP contribution in [0.15, 0.2) is 80.1 Å². The Morgan fingerprint density at radius 1 is 0.481 bits per heavy atom. The fourth-order valence-corrected chi connectivity index (χ4v) is 8.53. The maximum absolute atomic E-state index is 14.7. The molecular formula is C47H63N23O9. The Labute approximate surface area is 449 Å². The first kappa shape index (κ1) is 57.0. The van der Waals surface area contributed by atoms with E-state index in [-0.39, 0.29) is 63.9 Å². The molecule has 1 saturated heterocycles. The van der Waals surface area contributed by atoms with Crippen molar-refractivity contribution in [1.29, 1.82) is 0 Å². The number of nitrogens with one attached hydrogen (secondary N) is 14. The summed E-state index contributed by atoms with van der Waals surface area (Å²) < 4.78 is 0. The van der Waals surface area contributed by atoms with Gasteiger partial charge in [-0.1, -0.05) is 0 Å². The lowest BCUT2D eigenvalue weighted by molar-refractivity contribution is -0.142. The van der Waals surface area contributed by atoms with Crippen molar-refractivity contribution in [3.63, 3.8) is 0 Å². The topological polar surface area (TPSA) is 490 Å². The van der Waals surface area contributed by atoms with E-state index in [0.717, 1.165) is 6.42 Å². The van der Waals surface area contributed by atoms with Crippen LogP contribution in [-0.4, -0.2) is 180 Å². The van der Waals surface area contributed by atoms with E-state index in [4.69, 9.17) is 11.5 Å². The van der Waals surface area contributed by atoms with Gasteiger partial charge in [0.05, 0.1) is 44.0 Å². The van der Waals surface area contributed by atoms with Gasteiger partial charge in [-0.25, -0.2) is 34.7 Å².